The van der Waals surface area contributed by atoms with Crippen molar-refractivity contribution in [3.63, 3.8) is 0 Å². The van der Waals surface area contributed by atoms with Crippen LogP contribution in [0.4, 0.5) is 4.79 Å². The van der Waals surface area contributed by atoms with Gasteiger partial charge in [-0.15, -0.1) is 11.3 Å². The van der Waals surface area contributed by atoms with Gasteiger partial charge < -0.3 is 25.3 Å². The fourth-order valence-corrected chi connectivity index (χ4v) is 8.86. The Kier molecular flexibility index (Phi) is 9.44. The molecule has 55 heavy (non-hydrogen) atoms. The van der Waals surface area contributed by atoms with Crippen LogP contribution >= 0.6 is 11.3 Å². The van der Waals surface area contributed by atoms with Crippen LogP contribution in [0.15, 0.2) is 145 Å². The minimum Gasteiger partial charge on any atom is -0.449 e. The number of carbonyl (C=O) groups excluding carboxylic acids is 2. The van der Waals surface area contributed by atoms with E-state index < -0.39 is 18.2 Å². The van der Waals surface area contributed by atoms with Gasteiger partial charge >= 0.3 is 6.09 Å². The van der Waals surface area contributed by atoms with E-state index in [2.05, 4.69) is 68.4 Å². The second kappa shape index (κ2) is 15.1. The quantitative estimate of drug-likeness (QED) is 0.0999. The average Bonchev–Trinajstić information content (AvgIpc) is 4.04. The number of ether oxygens (including phenoxy) is 1. The minimum atomic E-state index is -0.872. The Morgan fingerprint density at radius 3 is 2.22 bits per heavy atom. The van der Waals surface area contributed by atoms with Gasteiger partial charge in [-0.2, -0.15) is 0 Å². The number of imidazole rings is 1. The topological polar surface area (TPSA) is 112 Å². The fraction of sp³-hybridized carbons (Fsp3) is 0.152. The second-order valence-corrected chi connectivity index (χ2v) is 14.9. The SMILES string of the molecule is O=C(N[C@H](CCc1csc2ccccc12)C(=O)N[C@H](Cc1c[nH]c2ccccc12)c1nc(-c2ccccc2)c[nH]1)OCC1c2ccccc2-c2ccccc21. The summed E-state index contributed by atoms with van der Waals surface area (Å²) in [4.78, 5) is 39.9. The van der Waals surface area contributed by atoms with Crippen LogP contribution in [-0.2, 0) is 22.4 Å². The maximum atomic E-state index is 14.5. The summed E-state index contributed by atoms with van der Waals surface area (Å²) in [6, 6.07) is 41.4. The molecule has 0 spiro atoms. The summed E-state index contributed by atoms with van der Waals surface area (Å²) in [7, 11) is 0. The first-order valence-corrected chi connectivity index (χ1v) is 19.5. The number of hydrogen-bond acceptors (Lipinski definition) is 5. The van der Waals surface area contributed by atoms with Gasteiger partial charge in [0, 0.05) is 45.9 Å². The maximum Gasteiger partial charge on any atom is 0.407 e. The van der Waals surface area contributed by atoms with E-state index in [-0.39, 0.29) is 18.4 Å². The number of alkyl carbamates (subject to hydrolysis) is 1. The van der Waals surface area contributed by atoms with Gasteiger partial charge in [0.15, 0.2) is 0 Å². The van der Waals surface area contributed by atoms with Crippen LogP contribution in [0.2, 0.25) is 0 Å². The summed E-state index contributed by atoms with van der Waals surface area (Å²) in [5.41, 5.74) is 9.53. The number of hydrogen-bond donors (Lipinski definition) is 4. The maximum absolute atomic E-state index is 14.5. The van der Waals surface area contributed by atoms with E-state index in [4.69, 9.17) is 9.72 Å². The third-order valence-electron chi connectivity index (χ3n) is 10.6. The number of H-pyrrole nitrogens is 2. The molecule has 2 amide bonds. The highest BCUT2D eigenvalue weighted by Crippen LogP contribution is 2.44. The molecule has 4 N–H and O–H groups in total. The molecule has 8 aromatic rings. The zero-order valence-corrected chi connectivity index (χ0v) is 30.8. The lowest BCUT2D eigenvalue weighted by molar-refractivity contribution is -0.124. The highest BCUT2D eigenvalue weighted by molar-refractivity contribution is 7.17. The van der Waals surface area contributed by atoms with Crippen LogP contribution in [0.3, 0.4) is 0 Å². The van der Waals surface area contributed by atoms with E-state index in [1.165, 1.54) is 4.70 Å². The summed E-state index contributed by atoms with van der Waals surface area (Å²) in [6.45, 7) is 0.154. The van der Waals surface area contributed by atoms with Crippen molar-refractivity contribution in [3.8, 4) is 22.4 Å². The monoisotopic (exact) mass is 741 g/mol. The van der Waals surface area contributed by atoms with E-state index >= 15 is 0 Å². The molecule has 8 nitrogen and oxygen atoms in total. The molecule has 3 heterocycles. The Labute approximate surface area is 322 Å². The molecule has 1 aliphatic carbocycles. The average molecular weight is 742 g/mol. The summed E-state index contributed by atoms with van der Waals surface area (Å²) in [6.07, 6.45) is 4.67. The predicted octanol–water partition coefficient (Wildman–Crippen LogP) is 9.71. The number of aromatic amines is 2. The number of carbonyl (C=O) groups is 2. The largest absolute Gasteiger partial charge is 0.449 e. The number of nitrogens with one attached hydrogen (secondary N) is 4. The van der Waals surface area contributed by atoms with Gasteiger partial charge in [-0.1, -0.05) is 115 Å². The zero-order valence-electron chi connectivity index (χ0n) is 30.0. The third-order valence-corrected chi connectivity index (χ3v) is 11.6. The molecular weight excluding hydrogens is 703 g/mol. The van der Waals surface area contributed by atoms with Crippen LogP contribution in [0.1, 0.15) is 46.5 Å². The lowest BCUT2D eigenvalue weighted by Gasteiger charge is -2.23. The van der Waals surface area contributed by atoms with E-state index in [1.54, 1.807) is 11.3 Å². The van der Waals surface area contributed by atoms with Crippen molar-refractivity contribution in [2.75, 3.05) is 6.61 Å². The number of rotatable bonds is 12. The summed E-state index contributed by atoms with van der Waals surface area (Å²) in [5, 5.41) is 10.6. The minimum absolute atomic E-state index is 0.0964. The smallest absolute Gasteiger partial charge is 0.407 e. The third kappa shape index (κ3) is 7.02. The Bertz CT molecular complexity index is 2580. The number of aromatic nitrogens is 3. The van der Waals surface area contributed by atoms with Gasteiger partial charge in [-0.3, -0.25) is 4.79 Å². The molecule has 0 fully saturated rings. The molecule has 9 heteroatoms. The number of para-hydroxylation sites is 1. The number of benzene rings is 5. The molecule has 0 unspecified atom stereocenters. The Morgan fingerprint density at radius 1 is 0.727 bits per heavy atom. The van der Waals surface area contributed by atoms with Gasteiger partial charge in [0.25, 0.3) is 0 Å². The molecule has 0 aliphatic heterocycles. The Hall–Kier alpha value is -6.45. The molecule has 9 rings (SSSR count). The highest BCUT2D eigenvalue weighted by atomic mass is 32.1. The van der Waals surface area contributed by atoms with Gasteiger partial charge in [-0.05, 0) is 69.1 Å². The second-order valence-electron chi connectivity index (χ2n) is 14.0. The molecule has 5 aromatic carbocycles. The predicted molar refractivity (Wildman–Crippen MR) is 219 cm³/mol. The van der Waals surface area contributed by atoms with E-state index in [0.717, 1.165) is 60.9 Å². The van der Waals surface area contributed by atoms with Crippen molar-refractivity contribution in [1.29, 1.82) is 0 Å². The van der Waals surface area contributed by atoms with Crippen molar-refractivity contribution in [2.24, 2.45) is 0 Å². The van der Waals surface area contributed by atoms with Gasteiger partial charge in [0.05, 0.1) is 11.7 Å². The molecule has 1 aliphatic rings. The number of nitrogens with zero attached hydrogens (tertiary/aromatic N) is 1. The Morgan fingerprint density at radius 2 is 1.42 bits per heavy atom. The molecule has 3 aromatic heterocycles. The fourth-order valence-electron chi connectivity index (χ4n) is 7.86. The molecular formula is C46H39N5O3S. The summed E-state index contributed by atoms with van der Waals surface area (Å²) >= 11 is 1.68. The van der Waals surface area contributed by atoms with E-state index in [1.807, 2.05) is 97.3 Å². The molecule has 0 radical (unpaired) electrons. The Balaban J connectivity index is 0.981. The normalized spacial score (nSPS) is 13.3. The van der Waals surface area contributed by atoms with E-state index in [0.29, 0.717) is 25.1 Å². The van der Waals surface area contributed by atoms with E-state index in [9.17, 15) is 9.59 Å². The van der Waals surface area contributed by atoms with Gasteiger partial charge in [0.1, 0.15) is 18.5 Å². The van der Waals surface area contributed by atoms with Gasteiger partial charge in [0.2, 0.25) is 5.91 Å². The first kappa shape index (κ1) is 34.3. The van der Waals surface area contributed by atoms with Crippen molar-refractivity contribution < 1.29 is 14.3 Å². The van der Waals surface area contributed by atoms with Crippen LogP contribution in [0, 0.1) is 0 Å². The molecule has 2 atom stereocenters. The standard InChI is InChI=1S/C46H39N5O3S/c52-45(50-41(24-31-25-47-39-20-10-8-14-32(31)39)44-48-26-42(49-44)29-12-2-1-3-13-29)40(23-22-30-28-55-43-21-11-9-15-33(30)43)51-46(53)54-27-38-36-18-6-4-16-34(36)35-17-5-7-19-37(35)38/h1-21,25-26,28,38,40-41,47H,22-24,27H2,(H,48,49)(H,50,52)(H,51,53)/t40-,41-/m1/s1. The summed E-state index contributed by atoms with van der Waals surface area (Å²) in [5.74, 6) is 0.220. The van der Waals surface area contributed by atoms with Crippen molar-refractivity contribution in [1.82, 2.24) is 25.6 Å². The molecule has 0 saturated carbocycles. The van der Waals surface area contributed by atoms with Crippen LogP contribution in [-0.4, -0.2) is 39.6 Å². The first-order valence-electron chi connectivity index (χ1n) is 18.6. The van der Waals surface area contributed by atoms with Crippen molar-refractivity contribution in [3.05, 3.63) is 173 Å². The van der Waals surface area contributed by atoms with Crippen LogP contribution < -0.4 is 10.6 Å². The van der Waals surface area contributed by atoms with Crippen molar-refractivity contribution in [2.45, 2.75) is 37.3 Å². The molecule has 0 bridgehead atoms. The lowest BCUT2D eigenvalue weighted by atomic mass is 9.98. The first-order chi connectivity index (χ1) is 27.1. The number of thiophene rings is 1. The number of aryl methyl sites for hydroxylation is 1. The highest BCUT2D eigenvalue weighted by Gasteiger charge is 2.31. The van der Waals surface area contributed by atoms with Crippen LogP contribution in [0.5, 0.6) is 0 Å². The molecule has 0 saturated heterocycles. The number of fused-ring (bicyclic) bond motifs is 5. The van der Waals surface area contributed by atoms with Gasteiger partial charge in [-0.25, -0.2) is 9.78 Å². The van der Waals surface area contributed by atoms with Crippen molar-refractivity contribution >= 4 is 44.3 Å². The number of amides is 2. The van der Waals surface area contributed by atoms with Crippen LogP contribution in [0.25, 0.3) is 43.4 Å². The zero-order chi connectivity index (χ0) is 37.1. The lowest BCUT2D eigenvalue weighted by Crippen LogP contribution is -2.48. The molecule has 272 valence electrons. The summed E-state index contributed by atoms with van der Waals surface area (Å²) < 4.78 is 7.14.